The van der Waals surface area contributed by atoms with Crippen molar-refractivity contribution in [2.24, 2.45) is 5.92 Å². The van der Waals surface area contributed by atoms with Crippen LogP contribution in [0.1, 0.15) is 52.0 Å². The van der Waals surface area contributed by atoms with Gasteiger partial charge in [-0.2, -0.15) is 0 Å². The molecular weight excluding hydrogens is 234 g/mol. The van der Waals surface area contributed by atoms with Crippen LogP contribution < -0.4 is 10.1 Å². The largest absolute Gasteiger partial charge is 0.491 e. The second-order valence-electron chi connectivity index (χ2n) is 6.19. The highest BCUT2D eigenvalue weighted by molar-refractivity contribution is 5.31. The zero-order chi connectivity index (χ0) is 13.8. The molecule has 0 heterocycles. The standard InChI is InChI=1S/C17H27NO/c1-12(2)19-17-7-5-6-15(10-17)14(4)13(3)11-18-16-8-9-16/h5-7,10,12-14,16,18H,8-9,11H2,1-4H3. The van der Waals surface area contributed by atoms with E-state index >= 15 is 0 Å². The van der Waals surface area contributed by atoms with E-state index in [0.29, 0.717) is 11.8 Å². The Morgan fingerprint density at radius 1 is 1.21 bits per heavy atom. The predicted octanol–water partition coefficient (Wildman–Crippen LogP) is 3.97. The smallest absolute Gasteiger partial charge is 0.119 e. The van der Waals surface area contributed by atoms with Crippen molar-refractivity contribution in [3.63, 3.8) is 0 Å². The van der Waals surface area contributed by atoms with E-state index in [-0.39, 0.29) is 6.10 Å². The number of rotatable bonds is 7. The average molecular weight is 261 g/mol. The molecule has 2 heteroatoms. The summed E-state index contributed by atoms with van der Waals surface area (Å²) in [5.41, 5.74) is 1.38. The first-order valence-electron chi connectivity index (χ1n) is 7.56. The van der Waals surface area contributed by atoms with Gasteiger partial charge in [-0.25, -0.2) is 0 Å². The van der Waals surface area contributed by atoms with Crippen LogP contribution in [0.25, 0.3) is 0 Å². The third-order valence-electron chi connectivity index (χ3n) is 3.92. The van der Waals surface area contributed by atoms with E-state index in [4.69, 9.17) is 4.74 Å². The fourth-order valence-electron chi connectivity index (χ4n) is 2.29. The zero-order valence-electron chi connectivity index (χ0n) is 12.6. The molecular formula is C17H27NO. The van der Waals surface area contributed by atoms with E-state index in [0.717, 1.165) is 18.3 Å². The zero-order valence-corrected chi connectivity index (χ0v) is 12.6. The van der Waals surface area contributed by atoms with Crippen LogP contribution in [0.2, 0.25) is 0 Å². The van der Waals surface area contributed by atoms with E-state index < -0.39 is 0 Å². The highest BCUT2D eigenvalue weighted by Crippen LogP contribution is 2.28. The number of hydrogen-bond acceptors (Lipinski definition) is 2. The van der Waals surface area contributed by atoms with Gasteiger partial charge in [-0.05, 0) is 62.8 Å². The van der Waals surface area contributed by atoms with Crippen molar-refractivity contribution < 1.29 is 4.74 Å². The van der Waals surface area contributed by atoms with Gasteiger partial charge in [0.15, 0.2) is 0 Å². The summed E-state index contributed by atoms with van der Waals surface area (Å²) in [4.78, 5) is 0. The van der Waals surface area contributed by atoms with E-state index in [1.807, 2.05) is 6.07 Å². The molecule has 2 atom stereocenters. The Morgan fingerprint density at radius 2 is 1.95 bits per heavy atom. The lowest BCUT2D eigenvalue weighted by Crippen LogP contribution is -2.26. The molecule has 0 spiro atoms. The molecule has 0 amide bonds. The molecule has 106 valence electrons. The van der Waals surface area contributed by atoms with Crippen molar-refractivity contribution in [2.45, 2.75) is 58.6 Å². The van der Waals surface area contributed by atoms with Crippen molar-refractivity contribution in [2.75, 3.05) is 6.54 Å². The molecule has 1 N–H and O–H groups in total. The third-order valence-corrected chi connectivity index (χ3v) is 3.92. The minimum Gasteiger partial charge on any atom is -0.491 e. The first-order chi connectivity index (χ1) is 9.06. The molecule has 2 nitrogen and oxygen atoms in total. The lowest BCUT2D eigenvalue weighted by Gasteiger charge is -2.22. The monoisotopic (exact) mass is 261 g/mol. The van der Waals surface area contributed by atoms with Gasteiger partial charge in [0.1, 0.15) is 5.75 Å². The normalized spacial score (nSPS) is 18.4. The summed E-state index contributed by atoms with van der Waals surface area (Å²) in [6.07, 6.45) is 2.96. The van der Waals surface area contributed by atoms with E-state index in [2.05, 4.69) is 51.2 Å². The second-order valence-corrected chi connectivity index (χ2v) is 6.19. The SMILES string of the molecule is CC(C)Oc1cccc(C(C)C(C)CNC2CC2)c1. The predicted molar refractivity (Wildman–Crippen MR) is 80.8 cm³/mol. The van der Waals surface area contributed by atoms with Gasteiger partial charge in [-0.1, -0.05) is 26.0 Å². The van der Waals surface area contributed by atoms with Crippen molar-refractivity contribution in [3.8, 4) is 5.75 Å². The minimum atomic E-state index is 0.236. The van der Waals surface area contributed by atoms with E-state index in [9.17, 15) is 0 Å². The van der Waals surface area contributed by atoms with Gasteiger partial charge in [-0.15, -0.1) is 0 Å². The molecule has 0 saturated heterocycles. The van der Waals surface area contributed by atoms with Crippen molar-refractivity contribution >= 4 is 0 Å². The van der Waals surface area contributed by atoms with Gasteiger partial charge in [0.05, 0.1) is 6.10 Å². The maximum absolute atomic E-state index is 5.78. The molecule has 1 fully saturated rings. The molecule has 1 aliphatic rings. The average Bonchev–Trinajstić information content (AvgIpc) is 3.18. The fourth-order valence-corrected chi connectivity index (χ4v) is 2.29. The Balaban J connectivity index is 1.94. The summed E-state index contributed by atoms with van der Waals surface area (Å²) >= 11 is 0. The van der Waals surface area contributed by atoms with Gasteiger partial charge in [-0.3, -0.25) is 0 Å². The summed E-state index contributed by atoms with van der Waals surface area (Å²) in [5.74, 6) is 2.19. The van der Waals surface area contributed by atoms with Crippen LogP contribution in [0.15, 0.2) is 24.3 Å². The van der Waals surface area contributed by atoms with Crippen LogP contribution in [-0.2, 0) is 0 Å². The first kappa shape index (κ1) is 14.4. The van der Waals surface area contributed by atoms with Crippen LogP contribution in [0, 0.1) is 5.92 Å². The molecule has 2 unspecified atom stereocenters. The highest BCUT2D eigenvalue weighted by Gasteiger charge is 2.22. The first-order valence-corrected chi connectivity index (χ1v) is 7.56. The third kappa shape index (κ3) is 4.54. The molecule has 0 radical (unpaired) electrons. The molecule has 2 rings (SSSR count). The Labute approximate surface area is 117 Å². The lowest BCUT2D eigenvalue weighted by atomic mass is 9.89. The Kier molecular flexibility index (Phi) is 4.87. The second kappa shape index (κ2) is 6.42. The van der Waals surface area contributed by atoms with Gasteiger partial charge < -0.3 is 10.1 Å². The molecule has 1 aliphatic carbocycles. The van der Waals surface area contributed by atoms with Crippen LogP contribution in [0.4, 0.5) is 0 Å². The lowest BCUT2D eigenvalue weighted by molar-refractivity contribution is 0.242. The van der Waals surface area contributed by atoms with Crippen molar-refractivity contribution in [1.82, 2.24) is 5.32 Å². The van der Waals surface area contributed by atoms with Crippen molar-refractivity contribution in [1.29, 1.82) is 0 Å². The maximum atomic E-state index is 5.78. The quantitative estimate of drug-likeness (QED) is 0.802. The van der Waals surface area contributed by atoms with E-state index in [1.165, 1.54) is 18.4 Å². The Morgan fingerprint density at radius 3 is 2.58 bits per heavy atom. The van der Waals surface area contributed by atoms with Crippen LogP contribution in [0.5, 0.6) is 5.75 Å². The van der Waals surface area contributed by atoms with Crippen LogP contribution in [-0.4, -0.2) is 18.7 Å². The van der Waals surface area contributed by atoms with Crippen LogP contribution >= 0.6 is 0 Å². The molecule has 1 aromatic carbocycles. The number of benzene rings is 1. The summed E-state index contributed by atoms with van der Waals surface area (Å²) in [7, 11) is 0. The summed E-state index contributed by atoms with van der Waals surface area (Å²) in [6, 6.07) is 9.35. The molecule has 1 aromatic rings. The maximum Gasteiger partial charge on any atom is 0.119 e. The molecule has 0 bridgehead atoms. The Hall–Kier alpha value is -1.02. The number of hydrogen-bond donors (Lipinski definition) is 1. The summed E-state index contributed by atoms with van der Waals surface area (Å²) < 4.78 is 5.78. The Bertz CT molecular complexity index is 398. The van der Waals surface area contributed by atoms with Gasteiger partial charge >= 0.3 is 0 Å². The highest BCUT2D eigenvalue weighted by atomic mass is 16.5. The fraction of sp³-hybridized carbons (Fsp3) is 0.647. The number of ether oxygens (including phenoxy) is 1. The van der Waals surface area contributed by atoms with Gasteiger partial charge in [0.2, 0.25) is 0 Å². The van der Waals surface area contributed by atoms with Crippen molar-refractivity contribution in [3.05, 3.63) is 29.8 Å². The van der Waals surface area contributed by atoms with E-state index in [1.54, 1.807) is 0 Å². The summed E-state index contributed by atoms with van der Waals surface area (Å²) in [6.45, 7) is 9.89. The molecule has 1 saturated carbocycles. The molecule has 0 aliphatic heterocycles. The summed E-state index contributed by atoms with van der Waals surface area (Å²) in [5, 5.41) is 3.62. The van der Waals surface area contributed by atoms with Gasteiger partial charge in [0.25, 0.3) is 0 Å². The number of nitrogens with one attached hydrogen (secondary N) is 1. The molecule has 19 heavy (non-hydrogen) atoms. The topological polar surface area (TPSA) is 21.3 Å². The molecule has 0 aromatic heterocycles. The van der Waals surface area contributed by atoms with Gasteiger partial charge in [0, 0.05) is 6.04 Å². The van der Waals surface area contributed by atoms with Crippen LogP contribution in [0.3, 0.4) is 0 Å². The minimum absolute atomic E-state index is 0.236.